The topological polar surface area (TPSA) is 81.2 Å². The zero-order valence-corrected chi connectivity index (χ0v) is 10.4. The normalized spacial score (nSPS) is 10.2. The molecule has 2 rings (SSSR count). The Morgan fingerprint density at radius 2 is 2.33 bits per heavy atom. The molecule has 0 aliphatic rings. The third kappa shape index (κ3) is 3.81. The van der Waals surface area contributed by atoms with E-state index in [1.165, 1.54) is 11.8 Å². The summed E-state index contributed by atoms with van der Waals surface area (Å²) in [6, 6.07) is 7.16. The number of hydrogen-bond acceptors (Lipinski definition) is 5. The Morgan fingerprint density at radius 3 is 3.00 bits per heavy atom. The van der Waals surface area contributed by atoms with E-state index in [-0.39, 0.29) is 5.91 Å². The van der Waals surface area contributed by atoms with Crippen LogP contribution < -0.4 is 11.1 Å². The maximum absolute atomic E-state index is 11.6. The van der Waals surface area contributed by atoms with Gasteiger partial charge < -0.3 is 15.5 Å². The molecule has 0 bridgehead atoms. The van der Waals surface area contributed by atoms with E-state index < -0.39 is 0 Å². The molecule has 0 radical (unpaired) electrons. The van der Waals surface area contributed by atoms with E-state index in [1.54, 1.807) is 24.6 Å². The maximum Gasteiger partial charge on any atom is 0.230 e. The van der Waals surface area contributed by atoms with Crippen LogP contribution in [0, 0.1) is 0 Å². The number of nitrogen functional groups attached to an aromatic ring is 1. The lowest BCUT2D eigenvalue weighted by molar-refractivity contribution is -0.118. The summed E-state index contributed by atoms with van der Waals surface area (Å²) in [6.45, 7) is 0.409. The van der Waals surface area contributed by atoms with Gasteiger partial charge in [-0.2, -0.15) is 0 Å². The summed E-state index contributed by atoms with van der Waals surface area (Å²) >= 11 is 1.41. The molecular formula is C12H13N3O2S. The van der Waals surface area contributed by atoms with E-state index in [0.717, 1.165) is 10.7 Å². The van der Waals surface area contributed by atoms with Gasteiger partial charge in [-0.05, 0) is 24.3 Å². The van der Waals surface area contributed by atoms with E-state index in [2.05, 4.69) is 10.3 Å². The first kappa shape index (κ1) is 12.5. The fourth-order valence-electron chi connectivity index (χ4n) is 1.28. The number of carbonyl (C=O) groups is 1. The molecule has 0 aromatic carbocycles. The van der Waals surface area contributed by atoms with Crippen LogP contribution >= 0.6 is 11.8 Å². The number of anilines is 1. The van der Waals surface area contributed by atoms with Gasteiger partial charge >= 0.3 is 0 Å². The summed E-state index contributed by atoms with van der Waals surface area (Å²) in [5, 5.41) is 2.77. The van der Waals surface area contributed by atoms with E-state index in [4.69, 9.17) is 10.2 Å². The number of nitrogens with zero attached hydrogens (tertiary/aromatic N) is 1. The highest BCUT2D eigenvalue weighted by molar-refractivity contribution is 8.00. The van der Waals surface area contributed by atoms with Crippen molar-refractivity contribution in [1.29, 1.82) is 0 Å². The average molecular weight is 263 g/mol. The molecule has 2 heterocycles. The van der Waals surface area contributed by atoms with E-state index in [9.17, 15) is 4.79 Å². The van der Waals surface area contributed by atoms with Crippen LogP contribution in [-0.2, 0) is 11.3 Å². The van der Waals surface area contributed by atoms with Crippen molar-refractivity contribution >= 4 is 23.5 Å². The highest BCUT2D eigenvalue weighted by Crippen LogP contribution is 2.16. The molecule has 0 saturated heterocycles. The van der Waals surface area contributed by atoms with Crippen molar-refractivity contribution in [1.82, 2.24) is 10.3 Å². The van der Waals surface area contributed by atoms with Crippen LogP contribution in [0.15, 0.2) is 46.0 Å². The van der Waals surface area contributed by atoms with E-state index in [0.29, 0.717) is 18.1 Å². The van der Waals surface area contributed by atoms with Crippen molar-refractivity contribution in [3.05, 3.63) is 42.5 Å². The Morgan fingerprint density at radius 1 is 1.44 bits per heavy atom. The number of furan rings is 1. The lowest BCUT2D eigenvalue weighted by Gasteiger charge is -2.03. The van der Waals surface area contributed by atoms with Crippen molar-refractivity contribution in [3.8, 4) is 0 Å². The quantitative estimate of drug-likeness (QED) is 0.802. The van der Waals surface area contributed by atoms with Crippen LogP contribution in [0.25, 0.3) is 0 Å². The second-order valence-corrected chi connectivity index (χ2v) is 4.61. The van der Waals surface area contributed by atoms with Crippen LogP contribution in [0.5, 0.6) is 0 Å². The second kappa shape index (κ2) is 6.11. The lowest BCUT2D eigenvalue weighted by atomic mass is 10.4. The summed E-state index contributed by atoms with van der Waals surface area (Å²) in [4.78, 5) is 16.4. The van der Waals surface area contributed by atoms with Crippen molar-refractivity contribution in [2.75, 3.05) is 11.5 Å². The predicted octanol–water partition coefficient (Wildman–Crippen LogP) is 1.67. The van der Waals surface area contributed by atoms with Gasteiger partial charge in [0.1, 0.15) is 11.6 Å². The van der Waals surface area contributed by atoms with Gasteiger partial charge in [0.05, 0.1) is 18.6 Å². The van der Waals surface area contributed by atoms with E-state index in [1.807, 2.05) is 12.1 Å². The molecule has 18 heavy (non-hydrogen) atoms. The third-order valence-corrected chi connectivity index (χ3v) is 3.15. The van der Waals surface area contributed by atoms with Gasteiger partial charge in [0.15, 0.2) is 0 Å². The number of nitrogens with two attached hydrogens (primary N) is 1. The minimum absolute atomic E-state index is 0.0479. The second-order valence-electron chi connectivity index (χ2n) is 3.56. The van der Waals surface area contributed by atoms with Gasteiger partial charge in [-0.15, -0.1) is 11.8 Å². The van der Waals surface area contributed by atoms with Gasteiger partial charge in [-0.3, -0.25) is 4.79 Å². The Balaban J connectivity index is 1.73. The largest absolute Gasteiger partial charge is 0.467 e. The lowest BCUT2D eigenvalue weighted by Crippen LogP contribution is -2.24. The highest BCUT2D eigenvalue weighted by atomic mass is 32.2. The van der Waals surface area contributed by atoms with Crippen LogP contribution in [0.2, 0.25) is 0 Å². The number of pyridine rings is 1. The zero-order chi connectivity index (χ0) is 12.8. The Labute approximate surface area is 109 Å². The molecule has 0 saturated carbocycles. The van der Waals surface area contributed by atoms with Crippen LogP contribution in [0.4, 0.5) is 5.82 Å². The van der Waals surface area contributed by atoms with Crippen molar-refractivity contribution < 1.29 is 9.21 Å². The first-order valence-corrected chi connectivity index (χ1v) is 6.36. The fraction of sp³-hybridized carbons (Fsp3) is 0.167. The van der Waals surface area contributed by atoms with Gasteiger partial charge in [0, 0.05) is 11.1 Å². The van der Waals surface area contributed by atoms with Crippen molar-refractivity contribution in [2.45, 2.75) is 11.4 Å². The number of nitrogens with one attached hydrogen (secondary N) is 1. The molecule has 6 heteroatoms. The smallest absolute Gasteiger partial charge is 0.230 e. The Kier molecular flexibility index (Phi) is 4.25. The average Bonchev–Trinajstić information content (AvgIpc) is 2.89. The molecule has 0 aliphatic heterocycles. The number of hydrogen-bond donors (Lipinski definition) is 2. The molecule has 5 nitrogen and oxygen atoms in total. The molecule has 2 aromatic rings. The number of aromatic nitrogens is 1. The number of thioether (sulfide) groups is 1. The molecule has 0 aliphatic carbocycles. The molecule has 1 amide bonds. The predicted molar refractivity (Wildman–Crippen MR) is 69.9 cm³/mol. The monoisotopic (exact) mass is 263 g/mol. The Hall–Kier alpha value is -1.95. The van der Waals surface area contributed by atoms with Crippen LogP contribution in [0.1, 0.15) is 5.76 Å². The molecule has 2 aromatic heterocycles. The molecule has 3 N–H and O–H groups in total. The first-order chi connectivity index (χ1) is 8.74. The molecule has 0 spiro atoms. The third-order valence-electron chi connectivity index (χ3n) is 2.17. The molecule has 0 unspecified atom stereocenters. The molecule has 0 fully saturated rings. The SMILES string of the molecule is Nc1ccc(SCC(=O)NCc2ccco2)cn1. The van der Waals surface area contributed by atoms with Crippen LogP contribution in [-0.4, -0.2) is 16.6 Å². The highest BCUT2D eigenvalue weighted by Gasteiger charge is 2.04. The number of rotatable bonds is 5. The zero-order valence-electron chi connectivity index (χ0n) is 9.63. The maximum atomic E-state index is 11.6. The molecule has 94 valence electrons. The van der Waals surface area contributed by atoms with Crippen LogP contribution in [0.3, 0.4) is 0 Å². The fourth-order valence-corrected chi connectivity index (χ4v) is 1.97. The summed E-state index contributed by atoms with van der Waals surface area (Å²) in [6.07, 6.45) is 3.23. The summed E-state index contributed by atoms with van der Waals surface area (Å²) < 4.78 is 5.11. The Bertz CT molecular complexity index is 497. The number of carbonyl (C=O) groups excluding carboxylic acids is 1. The summed E-state index contributed by atoms with van der Waals surface area (Å²) in [7, 11) is 0. The molecular weight excluding hydrogens is 250 g/mol. The minimum Gasteiger partial charge on any atom is -0.467 e. The van der Waals surface area contributed by atoms with Gasteiger partial charge in [-0.1, -0.05) is 0 Å². The first-order valence-electron chi connectivity index (χ1n) is 5.37. The standard InChI is InChI=1S/C12H13N3O2S/c13-11-4-3-10(7-14-11)18-8-12(16)15-6-9-2-1-5-17-9/h1-5,7H,6,8H2,(H2,13,14)(H,15,16). The van der Waals surface area contributed by atoms with Gasteiger partial charge in [0.2, 0.25) is 5.91 Å². The summed E-state index contributed by atoms with van der Waals surface area (Å²) in [5.74, 6) is 1.50. The molecule has 0 atom stereocenters. The van der Waals surface area contributed by atoms with Gasteiger partial charge in [-0.25, -0.2) is 4.98 Å². The summed E-state index contributed by atoms with van der Waals surface area (Å²) in [5.41, 5.74) is 5.47. The minimum atomic E-state index is -0.0479. The van der Waals surface area contributed by atoms with E-state index >= 15 is 0 Å². The number of amides is 1. The van der Waals surface area contributed by atoms with Gasteiger partial charge in [0.25, 0.3) is 0 Å². The van der Waals surface area contributed by atoms with Crippen molar-refractivity contribution in [2.24, 2.45) is 0 Å². The van der Waals surface area contributed by atoms with Crippen molar-refractivity contribution in [3.63, 3.8) is 0 Å².